The van der Waals surface area contributed by atoms with Crippen LogP contribution in [0.1, 0.15) is 118 Å². The summed E-state index contributed by atoms with van der Waals surface area (Å²) in [6.45, 7) is 4.07. The van der Waals surface area contributed by atoms with Crippen LogP contribution >= 0.6 is 11.8 Å². The summed E-state index contributed by atoms with van der Waals surface area (Å²) < 4.78 is 45.1. The molecule has 15 amide bonds. The Hall–Kier alpha value is -13.3. The van der Waals surface area contributed by atoms with Crippen LogP contribution in [0.25, 0.3) is 10.9 Å². The van der Waals surface area contributed by atoms with Crippen LogP contribution in [-0.2, 0) is 117 Å². The number of benzene rings is 6. The number of fused-ring (bicyclic) bond motifs is 3. The highest BCUT2D eigenvalue weighted by molar-refractivity contribution is 8.00. The topological polar surface area (TPSA) is 521 Å². The maximum Gasteiger partial charge on any atom is 0.246 e. The molecule has 3 fully saturated rings. The quantitative estimate of drug-likeness (QED) is 0.0286. The highest BCUT2D eigenvalue weighted by Gasteiger charge is 2.47. The number of aromatic nitrogens is 1. The SMILES string of the molecule is CCCC[C@H]1C(=O)N2CCC[C@@H]2C(=O)N[C@@H](CN)C(=O)N[C@@H](C(C)C)C(=O)N(C)[C@@H](Cc2ccccc2)C(=O)N[C@@H](Cc2ccc(CN)cc2)C(=O)N2CC[C@@H]2C(=O)N[C@@H](Cc2c[nH]c3ccccc23)C(=O)N[C@@H](Cc2ccc(O)cc2)C(=O)N[C@@H](CCCCN)C(=O)N[C@H](C(=O)NCC(N)=O)CSCC(=O)N[C@@H](Cc2cc(F)c(F)c(F)c2)C(=O)N(C)[C@@H](Cc2ccccc2)C(=O)N1C. The number of aromatic hydroxyl groups is 1. The highest BCUT2D eigenvalue weighted by atomic mass is 32.2. The summed E-state index contributed by atoms with van der Waals surface area (Å²) in [5, 5.41) is 35.3. The van der Waals surface area contributed by atoms with Crippen LogP contribution in [0, 0.1) is 23.4 Å². The normalized spacial score (nSPS) is 23.3. The molecule has 7 aromatic rings. The molecule has 6 aromatic carbocycles. The van der Waals surface area contributed by atoms with Crippen LogP contribution in [0.4, 0.5) is 13.2 Å². The number of halogens is 3. The molecule has 0 radical (unpaired) electrons. The molecule has 19 N–H and O–H groups in total. The largest absolute Gasteiger partial charge is 0.508 e. The number of likely N-dealkylation sites (N-methyl/N-ethyl adjacent to an activating group) is 3. The average Bonchev–Trinajstić information content (AvgIpc) is 1.26. The van der Waals surface area contributed by atoms with E-state index in [1.165, 1.54) is 55.2 Å². The second-order valence-corrected chi connectivity index (χ2v) is 35.6. The summed E-state index contributed by atoms with van der Waals surface area (Å²) in [4.78, 5) is 234. The van der Waals surface area contributed by atoms with Crippen molar-refractivity contribution < 1.29 is 90.2 Å². The molecular weight excluding hydrogens is 1760 g/mol. The van der Waals surface area contributed by atoms with Crippen molar-refractivity contribution in [2.75, 3.05) is 65.4 Å². The van der Waals surface area contributed by atoms with Crippen LogP contribution in [-0.4, -0.2) is 267 Å². The van der Waals surface area contributed by atoms with Crippen LogP contribution < -0.4 is 70.8 Å². The zero-order valence-corrected chi connectivity index (χ0v) is 77.3. The average molecular weight is 1890 g/mol. The van der Waals surface area contributed by atoms with Crippen molar-refractivity contribution >= 4 is 111 Å². The molecule has 724 valence electrons. The van der Waals surface area contributed by atoms with Gasteiger partial charge in [-0.1, -0.05) is 149 Å². The number of nitrogens with zero attached hydrogens (tertiary/aromatic N) is 5. The molecule has 0 unspecified atom stereocenters. The number of carbonyl (C=O) groups excluding carboxylic acids is 15. The first-order chi connectivity index (χ1) is 64.6. The van der Waals surface area contributed by atoms with Gasteiger partial charge in [0.25, 0.3) is 0 Å². The first-order valence-electron chi connectivity index (χ1n) is 45.3. The number of primary amides is 1. The Balaban J connectivity index is 1.05. The molecule has 39 heteroatoms. The van der Waals surface area contributed by atoms with E-state index in [0.717, 1.165) is 20.3 Å². The minimum atomic E-state index is -1.85. The van der Waals surface area contributed by atoms with Gasteiger partial charge in [0.15, 0.2) is 17.5 Å². The van der Waals surface area contributed by atoms with Gasteiger partial charge in [-0.05, 0) is 127 Å². The van der Waals surface area contributed by atoms with Gasteiger partial charge in [-0.15, -0.1) is 11.8 Å². The lowest BCUT2D eigenvalue weighted by atomic mass is 9.95. The summed E-state index contributed by atoms with van der Waals surface area (Å²) in [6.07, 6.45) is 1.26. The zero-order valence-electron chi connectivity index (χ0n) is 76.4. The summed E-state index contributed by atoms with van der Waals surface area (Å²) >= 11 is 0.689. The Morgan fingerprint density at radius 2 is 1.00 bits per heavy atom. The van der Waals surface area contributed by atoms with Crippen molar-refractivity contribution in [3.63, 3.8) is 0 Å². The highest BCUT2D eigenvalue weighted by Crippen LogP contribution is 2.29. The minimum Gasteiger partial charge on any atom is -0.508 e. The monoisotopic (exact) mass is 1890 g/mol. The Kier molecular flexibility index (Phi) is 38.2. The number of nitrogens with one attached hydrogen (secondary N) is 10. The van der Waals surface area contributed by atoms with Gasteiger partial charge >= 0.3 is 0 Å². The van der Waals surface area contributed by atoms with E-state index in [1.54, 1.807) is 129 Å². The van der Waals surface area contributed by atoms with Gasteiger partial charge in [0.1, 0.15) is 84.3 Å². The summed E-state index contributed by atoms with van der Waals surface area (Å²) in [7, 11) is 3.92. The van der Waals surface area contributed by atoms with E-state index in [0.29, 0.717) is 81.9 Å². The molecule has 0 bridgehead atoms. The Labute approximate surface area is 785 Å². The van der Waals surface area contributed by atoms with Crippen molar-refractivity contribution in [1.29, 1.82) is 0 Å². The maximum absolute atomic E-state index is 15.7. The fourth-order valence-electron chi connectivity index (χ4n) is 16.7. The van der Waals surface area contributed by atoms with Crippen molar-refractivity contribution in [3.05, 3.63) is 208 Å². The lowest BCUT2D eigenvalue weighted by molar-refractivity contribution is -0.152. The number of H-pyrrole nitrogens is 1. The van der Waals surface area contributed by atoms with Crippen molar-refractivity contribution in [2.45, 2.75) is 202 Å². The van der Waals surface area contributed by atoms with Gasteiger partial charge in [-0.25, -0.2) is 13.2 Å². The first-order valence-corrected chi connectivity index (χ1v) is 46.4. The molecule has 10 rings (SSSR count). The predicted octanol–water partition coefficient (Wildman–Crippen LogP) is 1.74. The molecule has 3 aliphatic rings. The Morgan fingerprint density at radius 1 is 0.489 bits per heavy atom. The van der Waals surface area contributed by atoms with E-state index in [-0.39, 0.29) is 108 Å². The maximum atomic E-state index is 15.7. The number of thioether (sulfide) groups is 1. The molecule has 13 atom stereocenters. The van der Waals surface area contributed by atoms with Crippen molar-refractivity contribution in [1.82, 2.24) is 77.3 Å². The molecule has 135 heavy (non-hydrogen) atoms. The van der Waals surface area contributed by atoms with E-state index in [1.807, 2.05) is 6.92 Å². The molecule has 3 saturated heterocycles. The summed E-state index contributed by atoms with van der Waals surface area (Å²) in [5.74, 6) is -20.7. The number of aromatic amines is 1. The van der Waals surface area contributed by atoms with Crippen molar-refractivity contribution in [2.24, 2.45) is 28.9 Å². The number of phenols is 1. The number of para-hydroxylation sites is 1. The number of amides is 15. The molecule has 0 spiro atoms. The zero-order chi connectivity index (χ0) is 97.9. The van der Waals surface area contributed by atoms with Gasteiger partial charge in [-0.2, -0.15) is 0 Å². The number of nitrogens with two attached hydrogens (primary N) is 4. The molecule has 35 nitrogen and oxygen atoms in total. The molecule has 1 aromatic heterocycles. The second kappa shape index (κ2) is 49.6. The molecular formula is C96H122F3N19O16S. The first kappa shape index (κ1) is 104. The number of hydrogen-bond donors (Lipinski definition) is 15. The number of hydrogen-bond acceptors (Lipinski definition) is 20. The Bertz CT molecular complexity index is 5330. The second-order valence-electron chi connectivity index (χ2n) is 34.6. The number of rotatable bonds is 25. The van der Waals surface area contributed by atoms with Crippen LogP contribution in [0.5, 0.6) is 5.75 Å². The minimum absolute atomic E-state index is 0.00834. The number of carbonyl (C=O) groups is 15. The van der Waals surface area contributed by atoms with Gasteiger partial charge in [-0.3, -0.25) is 71.9 Å². The van der Waals surface area contributed by atoms with Crippen LogP contribution in [0.15, 0.2) is 152 Å². The van der Waals surface area contributed by atoms with Gasteiger partial charge in [0, 0.05) is 109 Å². The molecule has 0 saturated carbocycles. The van der Waals surface area contributed by atoms with Gasteiger partial charge in [0.05, 0.1) is 12.3 Å². The molecule has 4 heterocycles. The lowest BCUT2D eigenvalue weighted by Gasteiger charge is -2.42. The summed E-state index contributed by atoms with van der Waals surface area (Å²) in [6, 6.07) is 18.2. The third-order valence-corrected chi connectivity index (χ3v) is 25.6. The smallest absolute Gasteiger partial charge is 0.246 e. The van der Waals surface area contributed by atoms with E-state index < -0.39 is 222 Å². The molecule has 0 aliphatic carbocycles. The van der Waals surface area contributed by atoms with E-state index >= 15 is 56.7 Å². The fourth-order valence-corrected chi connectivity index (χ4v) is 17.6. The lowest BCUT2D eigenvalue weighted by Crippen LogP contribution is -2.66. The number of unbranched alkanes of at least 4 members (excludes halogenated alkanes) is 2. The van der Waals surface area contributed by atoms with Crippen LogP contribution in [0.2, 0.25) is 0 Å². The molecule has 3 aliphatic heterocycles. The van der Waals surface area contributed by atoms with E-state index in [4.69, 9.17) is 22.9 Å². The van der Waals surface area contributed by atoms with Crippen LogP contribution in [0.3, 0.4) is 0 Å². The van der Waals surface area contributed by atoms with E-state index in [2.05, 4.69) is 52.8 Å². The third kappa shape index (κ3) is 28.2. The fraction of sp³-hybridized carbons (Fsp3) is 0.448. The number of phenolic OH excluding ortho intramolecular Hbond substituents is 1. The van der Waals surface area contributed by atoms with Crippen molar-refractivity contribution in [3.8, 4) is 5.75 Å². The predicted molar refractivity (Wildman–Crippen MR) is 498 cm³/mol. The van der Waals surface area contributed by atoms with Gasteiger partial charge < -0.3 is 105 Å². The third-order valence-electron chi connectivity index (χ3n) is 24.6. The Morgan fingerprint density at radius 3 is 1.60 bits per heavy atom. The standard InChI is InChI=1S/C96H122F3N19O16S/c1-7-8-27-77-95(133)117-39-19-28-75(117)89(127)111-73(50-102)88(126)113-83(55(2)3)96(134)115(5)78(46-56-20-11-9-12-21-56)91(129)110-72(44-58-29-31-60(49-101)32-30-58)93(131)118-40-37-76(118)90(128)109-70(48-62-51-104-67-25-16-15-24-64(62)67)87(125)108-69(43-59-33-35-63(119)36-34-59)86(124)107-68(26-17-18-38-100)85(123)112-74(84(122)105-52-80(103)120)53-135-54-81(121)106-71(45-61-41-65(97)82(99)66(98)42-61)92(130)116(6)79(94(132)114(77)4)47-57-22-13-10-14-23-57/h9-16,20-25,29-36,41-42,51,55,68-79,83,104,119H,7-8,17-19,26-28,37-40,43-50,52-54,100-102H2,1-6H3,(H2,103,120)(H,105,122)(H,106,121)(H,107,124)(H,108,125)(H,109,128)(H,110,129)(H,111,127)(H,112,123)(H,113,126)/t68-,69-,70-,71-,72-,73-,74-,75+,76+,77-,78-,79-,83-/m0/s1. The van der Waals surface area contributed by atoms with Gasteiger partial charge in [0.2, 0.25) is 88.6 Å². The summed E-state index contributed by atoms with van der Waals surface area (Å²) in [5.41, 5.74) is 27.3. The van der Waals surface area contributed by atoms with E-state index in [9.17, 15) is 33.5 Å².